The molecule has 3 rings (SSSR count). The summed E-state index contributed by atoms with van der Waals surface area (Å²) in [5, 5.41) is 5.69. The third-order valence-corrected chi connectivity index (χ3v) is 5.21. The Hall–Kier alpha value is -3.55. The van der Waals surface area contributed by atoms with Crippen LogP contribution in [0.3, 0.4) is 0 Å². The molecule has 0 saturated carbocycles. The summed E-state index contributed by atoms with van der Waals surface area (Å²) < 4.78 is 9.91. The summed E-state index contributed by atoms with van der Waals surface area (Å²) in [5.41, 5.74) is 1.98. The highest BCUT2D eigenvalue weighted by Gasteiger charge is 2.23. The van der Waals surface area contributed by atoms with Gasteiger partial charge in [-0.1, -0.05) is 12.1 Å². The highest BCUT2D eigenvalue weighted by Crippen LogP contribution is 2.19. The fourth-order valence-corrected chi connectivity index (χ4v) is 3.50. The van der Waals surface area contributed by atoms with E-state index < -0.39 is 5.97 Å². The number of hydrogen-bond acceptors (Lipinski definition) is 5. The van der Waals surface area contributed by atoms with Crippen LogP contribution in [0.2, 0.25) is 0 Å². The maximum Gasteiger partial charge on any atom is 0.337 e. The second kappa shape index (κ2) is 10.5. The largest absolute Gasteiger partial charge is 0.497 e. The van der Waals surface area contributed by atoms with Gasteiger partial charge < -0.3 is 25.0 Å². The summed E-state index contributed by atoms with van der Waals surface area (Å²) in [5.74, 6) is 0.402. The Morgan fingerprint density at radius 3 is 2.58 bits per heavy atom. The van der Waals surface area contributed by atoms with Crippen LogP contribution >= 0.6 is 0 Å². The van der Waals surface area contributed by atoms with Crippen LogP contribution in [-0.4, -0.2) is 49.6 Å². The maximum absolute atomic E-state index is 12.5. The Bertz CT molecular complexity index is 929. The van der Waals surface area contributed by atoms with E-state index in [4.69, 9.17) is 4.74 Å². The van der Waals surface area contributed by atoms with Gasteiger partial charge in [0, 0.05) is 31.2 Å². The van der Waals surface area contributed by atoms with E-state index in [1.54, 1.807) is 31.4 Å². The SMILES string of the molecule is COC(=O)c1ccc(NC(=O)NC2CCC(=O)N(Cc3cccc(OC)c3)CC2)cc1. The molecule has 0 radical (unpaired) electrons. The first kappa shape index (κ1) is 22.1. The minimum atomic E-state index is -0.433. The van der Waals surface area contributed by atoms with Gasteiger partial charge >= 0.3 is 12.0 Å². The molecule has 1 aliphatic heterocycles. The Morgan fingerprint density at radius 2 is 1.87 bits per heavy atom. The molecule has 0 bridgehead atoms. The molecule has 0 aliphatic carbocycles. The van der Waals surface area contributed by atoms with Gasteiger partial charge in [0.1, 0.15) is 5.75 Å². The van der Waals surface area contributed by atoms with E-state index in [-0.39, 0.29) is 18.0 Å². The van der Waals surface area contributed by atoms with Gasteiger partial charge in [0.25, 0.3) is 0 Å². The molecule has 8 heteroatoms. The molecule has 3 amide bonds. The summed E-state index contributed by atoms with van der Waals surface area (Å²) in [7, 11) is 2.93. The number of carbonyl (C=O) groups is 3. The lowest BCUT2D eigenvalue weighted by molar-refractivity contribution is -0.131. The average molecular weight is 425 g/mol. The molecule has 1 unspecified atom stereocenters. The van der Waals surface area contributed by atoms with E-state index >= 15 is 0 Å². The van der Waals surface area contributed by atoms with Crippen molar-refractivity contribution in [2.45, 2.75) is 31.8 Å². The van der Waals surface area contributed by atoms with Gasteiger partial charge in [0.2, 0.25) is 5.91 Å². The quantitative estimate of drug-likeness (QED) is 0.693. The zero-order valence-corrected chi connectivity index (χ0v) is 17.7. The van der Waals surface area contributed by atoms with E-state index in [1.807, 2.05) is 29.2 Å². The van der Waals surface area contributed by atoms with Crippen LogP contribution in [0.15, 0.2) is 48.5 Å². The molecule has 164 valence electrons. The van der Waals surface area contributed by atoms with Crippen LogP contribution in [0.25, 0.3) is 0 Å². The van der Waals surface area contributed by atoms with E-state index in [2.05, 4.69) is 15.4 Å². The molecule has 2 aromatic carbocycles. The number of nitrogens with zero attached hydrogens (tertiary/aromatic N) is 1. The predicted octanol–water partition coefficient (Wildman–Crippen LogP) is 3.18. The zero-order chi connectivity index (χ0) is 22.2. The van der Waals surface area contributed by atoms with Crippen LogP contribution < -0.4 is 15.4 Å². The summed E-state index contributed by atoms with van der Waals surface area (Å²) in [4.78, 5) is 38.2. The number of rotatable bonds is 6. The molecule has 1 aliphatic rings. The van der Waals surface area contributed by atoms with Crippen LogP contribution in [0.1, 0.15) is 35.2 Å². The Balaban J connectivity index is 1.52. The molecule has 1 saturated heterocycles. The first-order valence-electron chi connectivity index (χ1n) is 10.1. The molecule has 0 aromatic heterocycles. The first-order chi connectivity index (χ1) is 15.0. The predicted molar refractivity (Wildman–Crippen MR) is 116 cm³/mol. The van der Waals surface area contributed by atoms with Gasteiger partial charge in [-0.2, -0.15) is 0 Å². The van der Waals surface area contributed by atoms with Crippen molar-refractivity contribution >= 4 is 23.6 Å². The second-order valence-corrected chi connectivity index (χ2v) is 7.36. The number of nitrogens with one attached hydrogen (secondary N) is 2. The third kappa shape index (κ3) is 6.21. The molecular formula is C23H27N3O5. The van der Waals surface area contributed by atoms with Crippen LogP contribution in [0.4, 0.5) is 10.5 Å². The average Bonchev–Trinajstić information content (AvgIpc) is 2.95. The number of ether oxygens (including phenoxy) is 2. The van der Waals surface area contributed by atoms with E-state index in [0.717, 1.165) is 11.3 Å². The topological polar surface area (TPSA) is 97.0 Å². The minimum Gasteiger partial charge on any atom is -0.497 e. The number of amides is 3. The Kier molecular flexibility index (Phi) is 7.48. The molecular weight excluding hydrogens is 398 g/mol. The van der Waals surface area contributed by atoms with Crippen molar-refractivity contribution in [2.75, 3.05) is 26.1 Å². The number of urea groups is 1. The van der Waals surface area contributed by atoms with Gasteiger partial charge in [-0.15, -0.1) is 0 Å². The first-order valence-corrected chi connectivity index (χ1v) is 10.1. The summed E-state index contributed by atoms with van der Waals surface area (Å²) in [6.07, 6.45) is 1.63. The monoisotopic (exact) mass is 425 g/mol. The lowest BCUT2D eigenvalue weighted by Gasteiger charge is -2.21. The van der Waals surface area contributed by atoms with Crippen LogP contribution in [0, 0.1) is 0 Å². The number of likely N-dealkylation sites (tertiary alicyclic amines) is 1. The molecule has 0 spiro atoms. The summed E-state index contributed by atoms with van der Waals surface area (Å²) >= 11 is 0. The number of carbonyl (C=O) groups excluding carboxylic acids is 3. The van der Waals surface area contributed by atoms with Crippen molar-refractivity contribution in [3.8, 4) is 5.75 Å². The van der Waals surface area contributed by atoms with Gasteiger partial charge in [-0.3, -0.25) is 4.79 Å². The second-order valence-electron chi connectivity index (χ2n) is 7.36. The summed E-state index contributed by atoms with van der Waals surface area (Å²) in [6.45, 7) is 1.08. The molecule has 2 N–H and O–H groups in total. The fourth-order valence-electron chi connectivity index (χ4n) is 3.50. The normalized spacial score (nSPS) is 16.3. The molecule has 2 aromatic rings. The molecule has 8 nitrogen and oxygen atoms in total. The van der Waals surface area contributed by atoms with Crippen LogP contribution in [-0.2, 0) is 16.1 Å². The summed E-state index contributed by atoms with van der Waals surface area (Å²) in [6, 6.07) is 13.7. The van der Waals surface area contributed by atoms with Gasteiger partial charge in [-0.25, -0.2) is 9.59 Å². The van der Waals surface area contributed by atoms with Crippen molar-refractivity contribution < 1.29 is 23.9 Å². The van der Waals surface area contributed by atoms with Gasteiger partial charge in [0.05, 0.1) is 19.8 Å². The highest BCUT2D eigenvalue weighted by atomic mass is 16.5. The lowest BCUT2D eigenvalue weighted by Crippen LogP contribution is -2.38. The van der Waals surface area contributed by atoms with E-state index in [9.17, 15) is 14.4 Å². The maximum atomic E-state index is 12.5. The van der Waals surface area contributed by atoms with Gasteiger partial charge in [-0.05, 0) is 54.8 Å². The van der Waals surface area contributed by atoms with Crippen molar-refractivity contribution in [1.82, 2.24) is 10.2 Å². The Labute approximate surface area is 181 Å². The zero-order valence-electron chi connectivity index (χ0n) is 17.7. The lowest BCUT2D eigenvalue weighted by atomic mass is 10.1. The molecule has 1 fully saturated rings. The minimum absolute atomic E-state index is 0.0749. The number of benzene rings is 2. The van der Waals surface area contributed by atoms with E-state index in [0.29, 0.717) is 43.6 Å². The number of anilines is 1. The fraction of sp³-hybridized carbons (Fsp3) is 0.348. The molecule has 31 heavy (non-hydrogen) atoms. The van der Waals surface area contributed by atoms with Crippen molar-refractivity contribution in [1.29, 1.82) is 0 Å². The molecule has 1 atom stereocenters. The van der Waals surface area contributed by atoms with Crippen molar-refractivity contribution in [3.63, 3.8) is 0 Å². The van der Waals surface area contributed by atoms with Crippen LogP contribution in [0.5, 0.6) is 5.75 Å². The number of hydrogen-bond donors (Lipinski definition) is 2. The van der Waals surface area contributed by atoms with Crippen molar-refractivity contribution in [3.05, 3.63) is 59.7 Å². The highest BCUT2D eigenvalue weighted by molar-refractivity contribution is 5.92. The third-order valence-electron chi connectivity index (χ3n) is 5.21. The molecule has 1 heterocycles. The van der Waals surface area contributed by atoms with Gasteiger partial charge in [0.15, 0.2) is 0 Å². The van der Waals surface area contributed by atoms with E-state index in [1.165, 1.54) is 7.11 Å². The number of esters is 1. The number of methoxy groups -OCH3 is 2. The van der Waals surface area contributed by atoms with Crippen molar-refractivity contribution in [2.24, 2.45) is 0 Å². The smallest absolute Gasteiger partial charge is 0.337 e. The Morgan fingerprint density at radius 1 is 1.10 bits per heavy atom. The standard InChI is InChI=1S/C23H27N3O5/c1-30-20-5-3-4-16(14-20)15-26-13-12-19(10-11-21(26)27)25-23(29)24-18-8-6-17(7-9-18)22(28)31-2/h3-9,14,19H,10-13,15H2,1-2H3,(H2,24,25,29).